The predicted molar refractivity (Wildman–Crippen MR) is 90.7 cm³/mol. The van der Waals surface area contributed by atoms with E-state index < -0.39 is 0 Å². The number of Topliss-reactive ketones (excluding diaryl/α,β-unsaturated/α-hetero) is 1. The van der Waals surface area contributed by atoms with Gasteiger partial charge in [-0.05, 0) is 48.2 Å². The lowest BCUT2D eigenvalue weighted by molar-refractivity contribution is 0.0993. The first kappa shape index (κ1) is 16.3. The maximum Gasteiger partial charge on any atom is 0.167 e. The molecule has 0 fully saturated rings. The molecule has 2 rings (SSSR count). The molecule has 0 unspecified atom stereocenters. The van der Waals surface area contributed by atoms with Gasteiger partial charge in [0.15, 0.2) is 5.78 Å². The SMILES string of the molecule is CCCCCc1ccc(CC(=O)c2ccc(OC)cc2)cc1. The van der Waals surface area contributed by atoms with Crippen LogP contribution in [0.4, 0.5) is 0 Å². The molecule has 0 amide bonds. The minimum Gasteiger partial charge on any atom is -0.497 e. The molecule has 0 saturated heterocycles. The van der Waals surface area contributed by atoms with E-state index in [4.69, 9.17) is 4.74 Å². The quantitative estimate of drug-likeness (QED) is 0.514. The molecule has 0 atom stereocenters. The first-order valence-electron chi connectivity index (χ1n) is 7.98. The van der Waals surface area contributed by atoms with Gasteiger partial charge in [0.2, 0.25) is 0 Å². The Morgan fingerprint density at radius 1 is 0.909 bits per heavy atom. The van der Waals surface area contributed by atoms with Crippen LogP contribution in [0.1, 0.15) is 47.7 Å². The van der Waals surface area contributed by atoms with Gasteiger partial charge in [0.25, 0.3) is 0 Å². The van der Waals surface area contributed by atoms with Crippen LogP contribution < -0.4 is 4.74 Å². The van der Waals surface area contributed by atoms with Crippen molar-refractivity contribution in [2.75, 3.05) is 7.11 Å². The smallest absolute Gasteiger partial charge is 0.167 e. The lowest BCUT2D eigenvalue weighted by Gasteiger charge is -2.05. The van der Waals surface area contributed by atoms with Crippen molar-refractivity contribution >= 4 is 5.78 Å². The molecule has 22 heavy (non-hydrogen) atoms. The fourth-order valence-electron chi connectivity index (χ4n) is 2.47. The van der Waals surface area contributed by atoms with Crippen LogP contribution in [0.5, 0.6) is 5.75 Å². The van der Waals surface area contributed by atoms with Crippen molar-refractivity contribution in [3.8, 4) is 5.75 Å². The molecule has 0 bridgehead atoms. The number of rotatable bonds is 8. The molecule has 116 valence electrons. The fourth-order valence-corrected chi connectivity index (χ4v) is 2.47. The summed E-state index contributed by atoms with van der Waals surface area (Å²) in [5, 5.41) is 0. The fraction of sp³-hybridized carbons (Fsp3) is 0.350. The Morgan fingerprint density at radius 2 is 1.55 bits per heavy atom. The number of methoxy groups -OCH3 is 1. The van der Waals surface area contributed by atoms with E-state index in [9.17, 15) is 4.79 Å². The number of hydrogen-bond donors (Lipinski definition) is 0. The zero-order valence-corrected chi connectivity index (χ0v) is 13.5. The van der Waals surface area contributed by atoms with Crippen LogP contribution in [0, 0.1) is 0 Å². The van der Waals surface area contributed by atoms with Crippen LogP contribution >= 0.6 is 0 Å². The highest BCUT2D eigenvalue weighted by Crippen LogP contribution is 2.15. The molecule has 0 N–H and O–H groups in total. The van der Waals surface area contributed by atoms with Gasteiger partial charge in [0.1, 0.15) is 5.75 Å². The standard InChI is InChI=1S/C20H24O2/c1-3-4-5-6-16-7-9-17(10-8-16)15-20(21)18-11-13-19(22-2)14-12-18/h7-14H,3-6,15H2,1-2H3. The predicted octanol–water partition coefficient (Wildman–Crippen LogP) is 4.85. The molecule has 2 heteroatoms. The van der Waals surface area contributed by atoms with Crippen molar-refractivity contribution in [2.24, 2.45) is 0 Å². The van der Waals surface area contributed by atoms with Gasteiger partial charge in [0, 0.05) is 12.0 Å². The van der Waals surface area contributed by atoms with Crippen molar-refractivity contribution in [1.82, 2.24) is 0 Å². The number of unbranched alkanes of at least 4 members (excludes halogenated alkanes) is 2. The van der Waals surface area contributed by atoms with E-state index in [1.54, 1.807) is 7.11 Å². The Hall–Kier alpha value is -2.09. The highest BCUT2D eigenvalue weighted by Gasteiger charge is 2.07. The van der Waals surface area contributed by atoms with Gasteiger partial charge >= 0.3 is 0 Å². The molecule has 0 radical (unpaired) electrons. The van der Waals surface area contributed by atoms with E-state index in [2.05, 4.69) is 31.2 Å². The molecule has 0 aromatic heterocycles. The summed E-state index contributed by atoms with van der Waals surface area (Å²) in [6.45, 7) is 2.22. The number of ketones is 1. The van der Waals surface area contributed by atoms with Crippen molar-refractivity contribution in [2.45, 2.75) is 39.0 Å². The number of carbonyl (C=O) groups is 1. The molecule has 0 aliphatic carbocycles. The zero-order valence-electron chi connectivity index (χ0n) is 13.5. The third-order valence-electron chi connectivity index (χ3n) is 3.87. The molecule has 0 saturated carbocycles. The average Bonchev–Trinajstić information content (AvgIpc) is 2.57. The van der Waals surface area contributed by atoms with Gasteiger partial charge in [0.05, 0.1) is 7.11 Å². The maximum absolute atomic E-state index is 12.3. The zero-order chi connectivity index (χ0) is 15.8. The van der Waals surface area contributed by atoms with E-state index >= 15 is 0 Å². The number of benzene rings is 2. The molecular formula is C20H24O2. The van der Waals surface area contributed by atoms with Crippen molar-refractivity contribution < 1.29 is 9.53 Å². The number of ether oxygens (including phenoxy) is 1. The summed E-state index contributed by atoms with van der Waals surface area (Å²) in [6, 6.07) is 15.7. The largest absolute Gasteiger partial charge is 0.497 e. The van der Waals surface area contributed by atoms with Gasteiger partial charge < -0.3 is 4.74 Å². The van der Waals surface area contributed by atoms with Crippen LogP contribution in [-0.4, -0.2) is 12.9 Å². The van der Waals surface area contributed by atoms with E-state index in [1.165, 1.54) is 24.8 Å². The Balaban J connectivity index is 1.93. The van der Waals surface area contributed by atoms with Crippen LogP contribution in [0.25, 0.3) is 0 Å². The van der Waals surface area contributed by atoms with Crippen molar-refractivity contribution in [1.29, 1.82) is 0 Å². The second-order valence-corrected chi connectivity index (χ2v) is 5.60. The monoisotopic (exact) mass is 296 g/mol. The molecule has 0 heterocycles. The second kappa shape index (κ2) is 8.38. The van der Waals surface area contributed by atoms with E-state index in [0.717, 1.165) is 23.3 Å². The number of carbonyl (C=O) groups excluding carboxylic acids is 1. The Morgan fingerprint density at radius 3 is 2.14 bits per heavy atom. The van der Waals surface area contributed by atoms with E-state index in [-0.39, 0.29) is 5.78 Å². The number of aryl methyl sites for hydroxylation is 1. The topological polar surface area (TPSA) is 26.3 Å². The summed E-state index contributed by atoms with van der Waals surface area (Å²) >= 11 is 0. The van der Waals surface area contributed by atoms with Crippen molar-refractivity contribution in [3.05, 3.63) is 65.2 Å². The molecule has 0 aliphatic rings. The molecule has 0 aliphatic heterocycles. The van der Waals surface area contributed by atoms with Crippen LogP contribution in [0.15, 0.2) is 48.5 Å². The van der Waals surface area contributed by atoms with Crippen LogP contribution in [0.2, 0.25) is 0 Å². The molecule has 2 aromatic rings. The summed E-state index contributed by atoms with van der Waals surface area (Å²) < 4.78 is 5.11. The summed E-state index contributed by atoms with van der Waals surface area (Å²) in [5.74, 6) is 0.911. The Labute approximate surface area is 133 Å². The first-order valence-corrected chi connectivity index (χ1v) is 7.98. The van der Waals surface area contributed by atoms with Crippen molar-refractivity contribution in [3.63, 3.8) is 0 Å². The third kappa shape index (κ3) is 4.73. The highest BCUT2D eigenvalue weighted by molar-refractivity contribution is 5.97. The molecular weight excluding hydrogens is 272 g/mol. The summed E-state index contributed by atoms with van der Waals surface area (Å²) in [4.78, 5) is 12.3. The lowest BCUT2D eigenvalue weighted by Crippen LogP contribution is -2.03. The van der Waals surface area contributed by atoms with Gasteiger partial charge in [-0.2, -0.15) is 0 Å². The van der Waals surface area contributed by atoms with Gasteiger partial charge in [-0.3, -0.25) is 4.79 Å². The summed E-state index contributed by atoms with van der Waals surface area (Å²) in [5.41, 5.74) is 3.15. The third-order valence-corrected chi connectivity index (χ3v) is 3.87. The lowest BCUT2D eigenvalue weighted by atomic mass is 10.0. The Kier molecular flexibility index (Phi) is 6.20. The highest BCUT2D eigenvalue weighted by atomic mass is 16.5. The second-order valence-electron chi connectivity index (χ2n) is 5.60. The van der Waals surface area contributed by atoms with E-state index in [1.807, 2.05) is 24.3 Å². The van der Waals surface area contributed by atoms with Crippen LogP contribution in [0.3, 0.4) is 0 Å². The summed E-state index contributed by atoms with van der Waals surface area (Å²) in [7, 11) is 1.62. The first-order chi connectivity index (χ1) is 10.7. The normalized spacial score (nSPS) is 10.5. The van der Waals surface area contributed by atoms with Gasteiger partial charge in [-0.15, -0.1) is 0 Å². The average molecular weight is 296 g/mol. The molecule has 2 aromatic carbocycles. The molecule has 0 spiro atoms. The summed E-state index contributed by atoms with van der Waals surface area (Å²) in [6.07, 6.45) is 5.33. The minimum atomic E-state index is 0.140. The van der Waals surface area contributed by atoms with E-state index in [0.29, 0.717) is 6.42 Å². The Bertz CT molecular complexity index is 582. The maximum atomic E-state index is 12.3. The minimum absolute atomic E-state index is 0.140. The molecule has 2 nitrogen and oxygen atoms in total. The van der Waals surface area contributed by atoms with Gasteiger partial charge in [-0.25, -0.2) is 0 Å². The van der Waals surface area contributed by atoms with Gasteiger partial charge in [-0.1, -0.05) is 44.0 Å². The number of hydrogen-bond acceptors (Lipinski definition) is 2. The van der Waals surface area contributed by atoms with Crippen LogP contribution in [-0.2, 0) is 12.8 Å².